The van der Waals surface area contributed by atoms with Crippen molar-refractivity contribution in [2.75, 3.05) is 44.1 Å². The number of nitrogens with two attached hydrogens (primary N) is 1. The quantitative estimate of drug-likeness (QED) is 0.278. The summed E-state index contributed by atoms with van der Waals surface area (Å²) in [6.45, 7) is 0.538. The van der Waals surface area contributed by atoms with Crippen molar-refractivity contribution in [3.63, 3.8) is 0 Å². The van der Waals surface area contributed by atoms with E-state index in [1.807, 2.05) is 11.3 Å². The fourth-order valence-corrected chi connectivity index (χ4v) is 7.67. The number of aromatic nitrogens is 5. The molecule has 1 amide bonds. The Bertz CT molecular complexity index is 1620. The highest BCUT2D eigenvalue weighted by atomic mass is 32.2. The fraction of sp³-hybridized carbons (Fsp3) is 0.500. The number of H-pyrrole nitrogens is 2. The molecule has 0 saturated carbocycles. The second-order valence-electron chi connectivity index (χ2n) is 11.9. The van der Waals surface area contributed by atoms with E-state index in [0.717, 1.165) is 61.8 Å². The molecular weight excluding hydrogens is 618 g/mol. The van der Waals surface area contributed by atoms with Crippen molar-refractivity contribution in [3.8, 4) is 5.75 Å². The number of hydrogen-bond acceptors (Lipinski definition) is 11. The third kappa shape index (κ3) is 5.41. The first kappa shape index (κ1) is 30.6. The zero-order valence-corrected chi connectivity index (χ0v) is 26.1. The summed E-state index contributed by atoms with van der Waals surface area (Å²) in [4.78, 5) is 21.5. The number of fused-ring (bicyclic) bond motifs is 1. The lowest BCUT2D eigenvalue weighted by Gasteiger charge is -2.35. The average Bonchev–Trinajstić information content (AvgIpc) is 3.88. The van der Waals surface area contributed by atoms with Gasteiger partial charge in [-0.25, -0.2) is 0 Å². The van der Waals surface area contributed by atoms with Crippen LogP contribution in [0.5, 0.6) is 5.75 Å². The number of carbonyl (C=O) groups is 1. The number of nitrogens with zero attached hydrogens (tertiary/aromatic N) is 7. The summed E-state index contributed by atoms with van der Waals surface area (Å²) >= 11 is 1.42. The minimum atomic E-state index is -3.09. The third-order valence-electron chi connectivity index (χ3n) is 9.57. The lowest BCUT2D eigenvalue weighted by atomic mass is 9.77. The van der Waals surface area contributed by atoms with E-state index in [9.17, 15) is 13.6 Å². The number of nitrogens with one attached hydrogen (secondary N) is 2. The number of allylic oxidation sites excluding steroid dienone is 1. The standard InChI is InChI=1S/C30H36F2N10O3S/c1-46-20-3-4-25(45-29(31)32)21(13-20)30(27(33)43)17-42(41-9-2-8-34-28(30)41)24-15-35-36-22(24)14-23-26(38-39-37-23)18-5-10-40(11-6-18)19-7-12-44-16-19/h2-4,8-9,13,15,18-19,28-29H,5-7,10-12,14,16-17H2,1H3,(H2,33,43)(H,35,36)(H,37,38,39). The van der Waals surface area contributed by atoms with Crippen LogP contribution in [0.25, 0.3) is 0 Å². The average molecular weight is 655 g/mol. The van der Waals surface area contributed by atoms with Crippen LogP contribution in [-0.4, -0.2) is 106 Å². The van der Waals surface area contributed by atoms with E-state index in [2.05, 4.69) is 35.5 Å². The van der Waals surface area contributed by atoms with Gasteiger partial charge >= 0.3 is 6.61 Å². The number of aromatic amines is 2. The molecule has 1 aromatic carbocycles. The monoisotopic (exact) mass is 654 g/mol. The summed E-state index contributed by atoms with van der Waals surface area (Å²) < 4.78 is 37.7. The van der Waals surface area contributed by atoms with Crippen molar-refractivity contribution in [1.29, 1.82) is 0 Å². The van der Waals surface area contributed by atoms with Gasteiger partial charge in [0.05, 0.1) is 35.9 Å². The largest absolute Gasteiger partial charge is 0.435 e. The highest BCUT2D eigenvalue weighted by molar-refractivity contribution is 7.98. The molecule has 13 nitrogen and oxygen atoms in total. The minimum Gasteiger partial charge on any atom is -0.435 e. The van der Waals surface area contributed by atoms with Crippen molar-refractivity contribution in [2.24, 2.45) is 10.7 Å². The third-order valence-corrected chi connectivity index (χ3v) is 10.3. The number of benzene rings is 1. The van der Waals surface area contributed by atoms with E-state index in [1.54, 1.807) is 41.8 Å². The van der Waals surface area contributed by atoms with Crippen LogP contribution < -0.4 is 15.5 Å². The first-order valence-corrected chi connectivity index (χ1v) is 16.5. The molecule has 2 aromatic heterocycles. The zero-order valence-electron chi connectivity index (χ0n) is 25.3. The molecule has 0 spiro atoms. The number of carbonyl (C=O) groups excluding carboxylic acids is 1. The molecule has 4 N–H and O–H groups in total. The summed E-state index contributed by atoms with van der Waals surface area (Å²) in [5, 5.41) is 23.0. The van der Waals surface area contributed by atoms with Crippen molar-refractivity contribution >= 4 is 29.6 Å². The van der Waals surface area contributed by atoms with Gasteiger partial charge in [-0.3, -0.25) is 34.9 Å². The predicted molar refractivity (Wildman–Crippen MR) is 167 cm³/mol. The number of aliphatic imine (C=N–C) groups is 1. The predicted octanol–water partition coefficient (Wildman–Crippen LogP) is 2.79. The normalized spacial score (nSPS) is 25.1. The number of amides is 1. The lowest BCUT2D eigenvalue weighted by molar-refractivity contribution is -0.124. The molecule has 4 aliphatic rings. The van der Waals surface area contributed by atoms with Gasteiger partial charge in [-0.2, -0.15) is 13.9 Å². The van der Waals surface area contributed by atoms with Crippen LogP contribution in [0.15, 0.2) is 46.6 Å². The number of likely N-dealkylation sites (tertiary alicyclic amines) is 1. The van der Waals surface area contributed by atoms with Crippen molar-refractivity contribution in [1.82, 2.24) is 35.5 Å². The Hall–Kier alpha value is -4.02. The molecule has 3 atom stereocenters. The highest BCUT2D eigenvalue weighted by Crippen LogP contribution is 2.47. The number of ether oxygens (including phenoxy) is 2. The molecule has 3 fully saturated rings. The second kappa shape index (κ2) is 12.6. The first-order chi connectivity index (χ1) is 22.4. The van der Waals surface area contributed by atoms with Gasteiger partial charge in [0.15, 0.2) is 6.17 Å². The van der Waals surface area contributed by atoms with Crippen LogP contribution in [0.2, 0.25) is 0 Å². The highest BCUT2D eigenvalue weighted by Gasteiger charge is 2.59. The number of alkyl halides is 2. The van der Waals surface area contributed by atoms with Gasteiger partial charge in [0.25, 0.3) is 0 Å². The summed E-state index contributed by atoms with van der Waals surface area (Å²) in [5.74, 6) is -0.542. The number of rotatable bonds is 10. The van der Waals surface area contributed by atoms with Crippen molar-refractivity contribution < 1.29 is 23.0 Å². The number of anilines is 1. The molecule has 3 saturated heterocycles. The van der Waals surface area contributed by atoms with Crippen LogP contribution in [0.1, 0.15) is 47.8 Å². The van der Waals surface area contributed by atoms with Gasteiger partial charge in [-0.15, -0.1) is 16.9 Å². The van der Waals surface area contributed by atoms with E-state index in [1.165, 1.54) is 17.8 Å². The molecule has 0 aliphatic carbocycles. The first-order valence-electron chi connectivity index (χ1n) is 15.3. The molecule has 46 heavy (non-hydrogen) atoms. The molecule has 0 bridgehead atoms. The number of hydrogen-bond donors (Lipinski definition) is 3. The van der Waals surface area contributed by atoms with Crippen LogP contribution >= 0.6 is 11.8 Å². The fourth-order valence-electron chi connectivity index (χ4n) is 7.23. The Morgan fingerprint density at radius 1 is 1.26 bits per heavy atom. The van der Waals surface area contributed by atoms with Crippen LogP contribution in [-0.2, 0) is 21.4 Å². The molecule has 0 radical (unpaired) electrons. The minimum absolute atomic E-state index is 0.00760. The maximum Gasteiger partial charge on any atom is 0.387 e. The van der Waals surface area contributed by atoms with E-state index >= 15 is 0 Å². The summed E-state index contributed by atoms with van der Waals surface area (Å²) in [6, 6.07) is 5.31. The molecular formula is C30H36F2N10O3S. The molecule has 3 unspecified atom stereocenters. The summed E-state index contributed by atoms with van der Waals surface area (Å²) in [6.07, 6.45) is 11.3. The van der Waals surface area contributed by atoms with Gasteiger partial charge in [-0.05, 0) is 62.9 Å². The lowest BCUT2D eigenvalue weighted by Crippen LogP contribution is -2.51. The van der Waals surface area contributed by atoms with Crippen molar-refractivity contribution in [3.05, 3.63) is 59.3 Å². The molecule has 7 rings (SSSR count). The van der Waals surface area contributed by atoms with Gasteiger partial charge in [0.2, 0.25) is 5.91 Å². The number of piperidine rings is 1. The smallest absolute Gasteiger partial charge is 0.387 e. The molecule has 3 aromatic rings. The van der Waals surface area contributed by atoms with Crippen molar-refractivity contribution in [2.45, 2.75) is 60.7 Å². The number of primary amides is 1. The Labute approximate surface area is 268 Å². The number of hydrazine groups is 1. The Balaban J connectivity index is 1.19. The Morgan fingerprint density at radius 2 is 2.11 bits per heavy atom. The molecule has 16 heteroatoms. The maximum atomic E-state index is 13.6. The van der Waals surface area contributed by atoms with E-state index in [-0.39, 0.29) is 17.9 Å². The van der Waals surface area contributed by atoms with Gasteiger partial charge in [0, 0.05) is 54.1 Å². The van der Waals surface area contributed by atoms with Gasteiger partial charge in [0.1, 0.15) is 11.2 Å². The van der Waals surface area contributed by atoms with Gasteiger partial charge in [-0.1, -0.05) is 5.21 Å². The van der Waals surface area contributed by atoms with Gasteiger partial charge < -0.3 is 15.2 Å². The summed E-state index contributed by atoms with van der Waals surface area (Å²) in [7, 11) is 0. The number of halogens is 2. The Kier molecular flexibility index (Phi) is 8.42. The second-order valence-corrected chi connectivity index (χ2v) is 12.8. The number of thioether (sulfide) groups is 1. The van der Waals surface area contributed by atoms with Crippen LogP contribution in [0.3, 0.4) is 0 Å². The maximum absolute atomic E-state index is 13.6. The van der Waals surface area contributed by atoms with Crippen LogP contribution in [0.4, 0.5) is 14.5 Å². The van der Waals surface area contributed by atoms with Crippen LogP contribution in [0, 0.1) is 0 Å². The topological polar surface area (TPSA) is 154 Å². The molecule has 244 valence electrons. The summed E-state index contributed by atoms with van der Waals surface area (Å²) in [5.41, 5.74) is 8.06. The molecule has 4 aliphatic heterocycles. The van der Waals surface area contributed by atoms with E-state index in [4.69, 9.17) is 15.2 Å². The van der Waals surface area contributed by atoms with E-state index in [0.29, 0.717) is 29.8 Å². The molecule has 6 heterocycles. The SMILES string of the molecule is CSc1ccc(OC(F)F)c(C2(C(N)=O)CN(c3c[nH]nc3Cc3nn[nH]c3C3CCN(C4CCOC4)CC3)N3C=CC=NC32)c1. The zero-order chi connectivity index (χ0) is 31.8. The Morgan fingerprint density at radius 3 is 2.85 bits per heavy atom. The van der Waals surface area contributed by atoms with E-state index < -0.39 is 24.1 Å².